The number of halogens is 1. The van der Waals surface area contributed by atoms with Crippen molar-refractivity contribution in [1.29, 1.82) is 0 Å². The van der Waals surface area contributed by atoms with Gasteiger partial charge in [0.05, 0.1) is 12.2 Å². The molecule has 10 nitrogen and oxygen atoms in total. The first-order valence-electron chi connectivity index (χ1n) is 12.8. The van der Waals surface area contributed by atoms with Gasteiger partial charge in [-0.1, -0.05) is 11.2 Å². The van der Waals surface area contributed by atoms with Crippen molar-refractivity contribution in [3.8, 4) is 11.4 Å². The highest BCUT2D eigenvalue weighted by Gasteiger charge is 2.35. The van der Waals surface area contributed by atoms with E-state index in [2.05, 4.69) is 24.7 Å². The summed E-state index contributed by atoms with van der Waals surface area (Å²) in [4.78, 5) is 32.9. The van der Waals surface area contributed by atoms with Crippen LogP contribution in [0.3, 0.4) is 0 Å². The number of ether oxygens (including phenoxy) is 1. The summed E-state index contributed by atoms with van der Waals surface area (Å²) in [6.45, 7) is 4.79. The van der Waals surface area contributed by atoms with Crippen LogP contribution < -0.4 is 0 Å². The summed E-state index contributed by atoms with van der Waals surface area (Å²) < 4.78 is 25.2. The lowest BCUT2D eigenvalue weighted by Crippen LogP contribution is -2.37. The van der Waals surface area contributed by atoms with Crippen LogP contribution in [0.25, 0.3) is 11.4 Å². The number of amides is 1. The number of nitrogens with zero attached hydrogens (tertiary/aromatic N) is 7. The summed E-state index contributed by atoms with van der Waals surface area (Å²) in [6, 6.07) is 5.75. The Morgan fingerprint density at radius 2 is 2.13 bits per heavy atom. The van der Waals surface area contributed by atoms with Crippen LogP contribution in [-0.4, -0.2) is 67.4 Å². The van der Waals surface area contributed by atoms with Crippen molar-refractivity contribution in [2.45, 2.75) is 51.8 Å². The molecule has 3 aliphatic heterocycles. The van der Waals surface area contributed by atoms with Crippen molar-refractivity contribution in [2.75, 3.05) is 19.7 Å². The Morgan fingerprint density at radius 3 is 2.95 bits per heavy atom. The molecule has 0 N–H and O–H groups in total. The third-order valence-electron chi connectivity index (χ3n) is 6.51. The molecular weight excluding hydrogens is 489 g/mol. The van der Waals surface area contributed by atoms with Crippen molar-refractivity contribution >= 4 is 12.1 Å². The normalized spacial score (nSPS) is 18.7. The molecule has 1 unspecified atom stereocenters. The molecule has 6 rings (SSSR count). The van der Waals surface area contributed by atoms with E-state index in [0.29, 0.717) is 50.1 Å². The second kappa shape index (κ2) is 12.0. The molecular formula is C27H30FN7O3. The molecule has 198 valence electrons. The van der Waals surface area contributed by atoms with Gasteiger partial charge in [0.2, 0.25) is 5.89 Å². The van der Waals surface area contributed by atoms with Gasteiger partial charge in [0.15, 0.2) is 11.5 Å². The largest absolute Gasteiger partial charge is 0.373 e. The lowest BCUT2D eigenvalue weighted by molar-refractivity contribution is 0.0725. The van der Waals surface area contributed by atoms with E-state index in [1.54, 1.807) is 25.4 Å². The van der Waals surface area contributed by atoms with Gasteiger partial charge in [-0.15, -0.1) is 0 Å². The fourth-order valence-corrected chi connectivity index (χ4v) is 4.79. The highest BCUT2D eigenvalue weighted by molar-refractivity contribution is 5.98. The van der Waals surface area contributed by atoms with Gasteiger partial charge in [-0.05, 0) is 56.5 Å². The Morgan fingerprint density at radius 1 is 1.21 bits per heavy atom. The average Bonchev–Trinajstić information content (AvgIpc) is 3.55. The summed E-state index contributed by atoms with van der Waals surface area (Å²) in [5, 5.41) is 3.87. The van der Waals surface area contributed by atoms with Crippen LogP contribution in [0.2, 0.25) is 0 Å². The van der Waals surface area contributed by atoms with Gasteiger partial charge in [0, 0.05) is 44.6 Å². The Kier molecular flexibility index (Phi) is 8.12. The molecule has 0 aromatic carbocycles. The first-order valence-corrected chi connectivity index (χ1v) is 12.8. The second-order valence-corrected chi connectivity index (χ2v) is 9.19. The summed E-state index contributed by atoms with van der Waals surface area (Å²) in [5.74, 6) is 1.67. The quantitative estimate of drug-likeness (QED) is 0.514. The number of pyridine rings is 1. The second-order valence-electron chi connectivity index (χ2n) is 9.19. The zero-order valence-corrected chi connectivity index (χ0v) is 21.3. The van der Waals surface area contributed by atoms with E-state index in [9.17, 15) is 9.18 Å². The standard InChI is InChI=1S/C21H24N6O3.C6H6FN/c1-14-23-18(30-25-14)12-15-6-4-9-26(15)21(28)19-20(16-7-2-3-8-22-16)27-10-5-11-29-13-17(27)24-19;7-6-2-1-4-8-5-3-6/h2-3,7-8,15H,4-6,9-13H2,1H3;1-4H,5H2. The van der Waals surface area contributed by atoms with Gasteiger partial charge >= 0.3 is 0 Å². The average molecular weight is 520 g/mol. The number of likely N-dealkylation sites (tertiary alicyclic amines) is 1. The minimum atomic E-state index is -0.206. The molecule has 11 heteroatoms. The minimum Gasteiger partial charge on any atom is -0.373 e. The van der Waals surface area contributed by atoms with E-state index in [-0.39, 0.29) is 17.8 Å². The van der Waals surface area contributed by atoms with E-state index in [1.807, 2.05) is 23.1 Å². The zero-order valence-electron chi connectivity index (χ0n) is 21.3. The number of hydrogen-bond acceptors (Lipinski definition) is 8. The number of allylic oxidation sites excluding steroid dienone is 3. The topological polar surface area (TPSA) is 112 Å². The lowest BCUT2D eigenvalue weighted by Gasteiger charge is -2.23. The predicted molar refractivity (Wildman–Crippen MR) is 138 cm³/mol. The van der Waals surface area contributed by atoms with Gasteiger partial charge in [0.25, 0.3) is 5.91 Å². The molecule has 3 aromatic heterocycles. The lowest BCUT2D eigenvalue weighted by atomic mass is 10.1. The van der Waals surface area contributed by atoms with Crippen LogP contribution in [-0.2, 0) is 24.3 Å². The van der Waals surface area contributed by atoms with Crippen molar-refractivity contribution in [2.24, 2.45) is 4.99 Å². The first kappa shape index (κ1) is 25.7. The molecule has 1 fully saturated rings. The number of carbonyl (C=O) groups is 1. The van der Waals surface area contributed by atoms with E-state index in [0.717, 1.165) is 43.0 Å². The minimum absolute atomic E-state index is 0.0201. The Labute approximate surface area is 219 Å². The molecule has 0 aliphatic carbocycles. The number of rotatable bonds is 4. The van der Waals surface area contributed by atoms with Gasteiger partial charge in [-0.3, -0.25) is 14.8 Å². The SMILES string of the molecule is Cc1noc(CC2CCCN2C(=O)c2nc3n(c2-c2ccccn2)CCCOC3)n1.FC1=CCN=CC=C1. The van der Waals surface area contributed by atoms with Gasteiger partial charge < -0.3 is 18.7 Å². The third kappa shape index (κ3) is 5.94. The number of hydrogen-bond donors (Lipinski definition) is 0. The summed E-state index contributed by atoms with van der Waals surface area (Å²) in [7, 11) is 0. The van der Waals surface area contributed by atoms with Crippen LogP contribution >= 0.6 is 0 Å². The number of carbonyl (C=O) groups excluding carboxylic acids is 1. The zero-order chi connectivity index (χ0) is 26.3. The number of imidazole rings is 1. The van der Waals surface area contributed by atoms with E-state index in [1.165, 1.54) is 12.2 Å². The van der Waals surface area contributed by atoms with Crippen LogP contribution in [0.1, 0.15) is 47.3 Å². The van der Waals surface area contributed by atoms with Crippen molar-refractivity contribution in [1.82, 2.24) is 29.6 Å². The number of aromatic nitrogens is 5. The molecule has 6 heterocycles. The molecule has 0 spiro atoms. The van der Waals surface area contributed by atoms with Gasteiger partial charge in [-0.2, -0.15) is 4.98 Å². The number of aryl methyl sites for hydroxylation is 1. The van der Waals surface area contributed by atoms with Crippen LogP contribution in [0.15, 0.2) is 58.0 Å². The van der Waals surface area contributed by atoms with Gasteiger partial charge in [-0.25, -0.2) is 9.37 Å². The van der Waals surface area contributed by atoms with Crippen molar-refractivity contribution in [3.05, 3.63) is 71.7 Å². The summed E-state index contributed by atoms with van der Waals surface area (Å²) in [6.07, 6.45) is 11.0. The molecule has 0 saturated carbocycles. The van der Waals surface area contributed by atoms with E-state index >= 15 is 0 Å². The molecule has 1 saturated heterocycles. The molecule has 3 aromatic rings. The predicted octanol–water partition coefficient (Wildman–Crippen LogP) is 3.88. The molecule has 3 aliphatic rings. The number of aliphatic imine (C=N–C) groups is 1. The van der Waals surface area contributed by atoms with Crippen LogP contribution in [0.4, 0.5) is 4.39 Å². The Hall–Kier alpha value is -3.99. The maximum Gasteiger partial charge on any atom is 0.275 e. The van der Waals surface area contributed by atoms with E-state index in [4.69, 9.17) is 14.2 Å². The summed E-state index contributed by atoms with van der Waals surface area (Å²) >= 11 is 0. The van der Waals surface area contributed by atoms with Gasteiger partial charge in [0.1, 0.15) is 24.0 Å². The Bertz CT molecular complexity index is 1340. The van der Waals surface area contributed by atoms with E-state index < -0.39 is 0 Å². The fourth-order valence-electron chi connectivity index (χ4n) is 4.79. The third-order valence-corrected chi connectivity index (χ3v) is 6.51. The van der Waals surface area contributed by atoms with Crippen LogP contribution in [0, 0.1) is 6.92 Å². The monoisotopic (exact) mass is 519 g/mol. The smallest absolute Gasteiger partial charge is 0.275 e. The maximum atomic E-state index is 13.7. The first-order chi connectivity index (χ1) is 18.6. The maximum absolute atomic E-state index is 13.7. The fraction of sp³-hybridized carbons (Fsp3) is 0.407. The molecule has 1 amide bonds. The molecule has 1 atom stereocenters. The van der Waals surface area contributed by atoms with Crippen LogP contribution in [0.5, 0.6) is 0 Å². The molecule has 38 heavy (non-hydrogen) atoms. The van der Waals surface area contributed by atoms with Crippen molar-refractivity contribution in [3.63, 3.8) is 0 Å². The summed E-state index contributed by atoms with van der Waals surface area (Å²) in [5.41, 5.74) is 1.98. The Balaban J connectivity index is 0.000000316. The number of fused-ring (bicyclic) bond motifs is 1. The highest BCUT2D eigenvalue weighted by Crippen LogP contribution is 2.30. The molecule has 0 bridgehead atoms. The van der Waals surface area contributed by atoms with Crippen molar-refractivity contribution < 1.29 is 18.4 Å². The highest BCUT2D eigenvalue weighted by atomic mass is 19.1. The molecule has 0 radical (unpaired) electrons.